The predicted octanol–water partition coefficient (Wildman–Crippen LogP) is 4.85. The smallest absolute Gasteiger partial charge is 0.139 e. The molecule has 0 N–H and O–H groups in total. The summed E-state index contributed by atoms with van der Waals surface area (Å²) in [5, 5.41) is 0. The number of hydrogen-bond acceptors (Lipinski definition) is 1. The van der Waals surface area contributed by atoms with Crippen molar-refractivity contribution in [3.63, 3.8) is 0 Å². The van der Waals surface area contributed by atoms with Crippen molar-refractivity contribution in [3.8, 4) is 0 Å². The number of ketones is 1. The van der Waals surface area contributed by atoms with Gasteiger partial charge in [0, 0.05) is 11.8 Å². The molecular formula is C21H24O. The summed E-state index contributed by atoms with van der Waals surface area (Å²) in [4.78, 5) is 12.5. The maximum absolute atomic E-state index is 12.5. The van der Waals surface area contributed by atoms with Crippen molar-refractivity contribution in [1.82, 2.24) is 0 Å². The minimum absolute atomic E-state index is 0.293. The van der Waals surface area contributed by atoms with Gasteiger partial charge in [-0.25, -0.2) is 0 Å². The molecule has 0 spiro atoms. The van der Waals surface area contributed by atoms with E-state index in [0.717, 1.165) is 38.5 Å². The predicted molar refractivity (Wildman–Crippen MR) is 90.7 cm³/mol. The Morgan fingerprint density at radius 1 is 0.682 bits per heavy atom. The van der Waals surface area contributed by atoms with Gasteiger partial charge in [-0.15, -0.1) is 0 Å². The molecule has 1 aliphatic rings. The molecule has 1 aliphatic carbocycles. The minimum atomic E-state index is 0.293. The lowest BCUT2D eigenvalue weighted by Gasteiger charge is -2.11. The number of Topliss-reactive ketones (excluding diaryl/α,β-unsaturated/α-hetero) is 1. The second kappa shape index (κ2) is 7.40. The van der Waals surface area contributed by atoms with Crippen molar-refractivity contribution in [2.24, 2.45) is 11.8 Å². The van der Waals surface area contributed by atoms with E-state index in [9.17, 15) is 4.79 Å². The lowest BCUT2D eigenvalue weighted by molar-refractivity contribution is -0.124. The summed E-state index contributed by atoms with van der Waals surface area (Å²) in [5.74, 6) is 1.11. The SMILES string of the molecule is O=C1C(CCc2ccccc2)CCC1CCc1ccccc1. The van der Waals surface area contributed by atoms with Crippen LogP contribution in [0.15, 0.2) is 60.7 Å². The number of carbonyl (C=O) groups is 1. The molecule has 2 unspecified atom stereocenters. The van der Waals surface area contributed by atoms with Crippen LogP contribution in [0, 0.1) is 11.8 Å². The average Bonchev–Trinajstić information content (AvgIpc) is 2.93. The van der Waals surface area contributed by atoms with E-state index < -0.39 is 0 Å². The second-order valence-corrected chi connectivity index (χ2v) is 6.42. The van der Waals surface area contributed by atoms with Crippen molar-refractivity contribution in [1.29, 1.82) is 0 Å². The number of benzene rings is 2. The Balaban J connectivity index is 1.47. The molecule has 1 fully saturated rings. The van der Waals surface area contributed by atoms with Gasteiger partial charge >= 0.3 is 0 Å². The van der Waals surface area contributed by atoms with Gasteiger partial charge in [0.25, 0.3) is 0 Å². The Hall–Kier alpha value is -1.89. The van der Waals surface area contributed by atoms with Gasteiger partial charge in [0.1, 0.15) is 5.78 Å². The lowest BCUT2D eigenvalue weighted by atomic mass is 9.93. The van der Waals surface area contributed by atoms with Crippen molar-refractivity contribution in [2.45, 2.75) is 38.5 Å². The first-order chi connectivity index (χ1) is 10.8. The first kappa shape index (κ1) is 15.0. The van der Waals surface area contributed by atoms with E-state index in [2.05, 4.69) is 48.5 Å². The first-order valence-corrected chi connectivity index (χ1v) is 8.44. The molecule has 1 nitrogen and oxygen atoms in total. The summed E-state index contributed by atoms with van der Waals surface area (Å²) in [6, 6.07) is 21.0. The fourth-order valence-corrected chi connectivity index (χ4v) is 3.56. The van der Waals surface area contributed by atoms with Crippen LogP contribution < -0.4 is 0 Å². The first-order valence-electron chi connectivity index (χ1n) is 8.44. The maximum Gasteiger partial charge on any atom is 0.139 e. The summed E-state index contributed by atoms with van der Waals surface area (Å²) < 4.78 is 0. The van der Waals surface area contributed by atoms with E-state index in [1.165, 1.54) is 11.1 Å². The van der Waals surface area contributed by atoms with Crippen LogP contribution in [-0.4, -0.2) is 5.78 Å². The van der Waals surface area contributed by atoms with E-state index in [-0.39, 0.29) is 0 Å². The fourth-order valence-electron chi connectivity index (χ4n) is 3.56. The van der Waals surface area contributed by atoms with Gasteiger partial charge in [-0.3, -0.25) is 4.79 Å². The van der Waals surface area contributed by atoms with Crippen LogP contribution in [0.2, 0.25) is 0 Å². The van der Waals surface area contributed by atoms with Gasteiger partial charge in [0.15, 0.2) is 0 Å². The van der Waals surface area contributed by atoms with Gasteiger partial charge in [-0.2, -0.15) is 0 Å². The van der Waals surface area contributed by atoms with Crippen LogP contribution in [0.25, 0.3) is 0 Å². The highest BCUT2D eigenvalue weighted by atomic mass is 16.1. The topological polar surface area (TPSA) is 17.1 Å². The van der Waals surface area contributed by atoms with Crippen molar-refractivity contribution in [3.05, 3.63) is 71.8 Å². The quantitative estimate of drug-likeness (QED) is 0.744. The van der Waals surface area contributed by atoms with Gasteiger partial charge in [-0.1, -0.05) is 60.7 Å². The van der Waals surface area contributed by atoms with E-state index in [0.29, 0.717) is 17.6 Å². The maximum atomic E-state index is 12.5. The number of aryl methyl sites for hydroxylation is 2. The highest BCUT2D eigenvalue weighted by Gasteiger charge is 2.33. The van der Waals surface area contributed by atoms with E-state index >= 15 is 0 Å². The molecule has 3 rings (SSSR count). The third kappa shape index (κ3) is 3.85. The lowest BCUT2D eigenvalue weighted by Crippen LogP contribution is -2.15. The number of hydrogen-bond donors (Lipinski definition) is 0. The molecule has 2 aromatic carbocycles. The van der Waals surface area contributed by atoms with Gasteiger partial charge in [-0.05, 0) is 49.7 Å². The molecular weight excluding hydrogens is 268 g/mol. The molecule has 0 heterocycles. The van der Waals surface area contributed by atoms with E-state index in [1.54, 1.807) is 0 Å². The molecule has 0 amide bonds. The third-order valence-corrected chi connectivity index (χ3v) is 4.92. The second-order valence-electron chi connectivity index (χ2n) is 6.42. The summed E-state index contributed by atoms with van der Waals surface area (Å²) in [7, 11) is 0. The van der Waals surface area contributed by atoms with Crippen LogP contribution in [0.5, 0.6) is 0 Å². The van der Waals surface area contributed by atoms with E-state index in [1.807, 2.05) is 12.1 Å². The molecule has 0 bridgehead atoms. The van der Waals surface area contributed by atoms with Crippen LogP contribution in [0.1, 0.15) is 36.8 Å². The van der Waals surface area contributed by atoms with Crippen LogP contribution in [-0.2, 0) is 17.6 Å². The highest BCUT2D eigenvalue weighted by molar-refractivity contribution is 5.85. The van der Waals surface area contributed by atoms with Gasteiger partial charge in [0.2, 0.25) is 0 Å². The highest BCUT2D eigenvalue weighted by Crippen LogP contribution is 2.33. The zero-order chi connectivity index (χ0) is 15.2. The Morgan fingerprint density at radius 3 is 1.50 bits per heavy atom. The van der Waals surface area contributed by atoms with Crippen molar-refractivity contribution >= 4 is 5.78 Å². The molecule has 22 heavy (non-hydrogen) atoms. The summed E-state index contributed by atoms with van der Waals surface area (Å²) in [6.07, 6.45) is 6.27. The molecule has 2 atom stereocenters. The normalized spacial score (nSPS) is 21.2. The van der Waals surface area contributed by atoms with Gasteiger partial charge in [0.05, 0.1) is 0 Å². The largest absolute Gasteiger partial charge is 0.299 e. The summed E-state index contributed by atoms with van der Waals surface area (Å²) in [5.41, 5.74) is 2.70. The van der Waals surface area contributed by atoms with Crippen LogP contribution >= 0.6 is 0 Å². The Bertz CT molecular complexity index is 534. The Kier molecular flexibility index (Phi) is 5.05. The summed E-state index contributed by atoms with van der Waals surface area (Å²) >= 11 is 0. The molecule has 0 aliphatic heterocycles. The van der Waals surface area contributed by atoms with Crippen molar-refractivity contribution in [2.75, 3.05) is 0 Å². The molecule has 1 saturated carbocycles. The average molecular weight is 292 g/mol. The van der Waals surface area contributed by atoms with Crippen LogP contribution in [0.3, 0.4) is 0 Å². The Morgan fingerprint density at radius 2 is 1.09 bits per heavy atom. The zero-order valence-corrected chi connectivity index (χ0v) is 13.1. The Labute approximate surface area is 133 Å². The molecule has 0 radical (unpaired) electrons. The van der Waals surface area contributed by atoms with Gasteiger partial charge < -0.3 is 0 Å². The van der Waals surface area contributed by atoms with Crippen LogP contribution in [0.4, 0.5) is 0 Å². The van der Waals surface area contributed by atoms with E-state index in [4.69, 9.17) is 0 Å². The zero-order valence-electron chi connectivity index (χ0n) is 13.1. The summed E-state index contributed by atoms with van der Waals surface area (Å²) in [6.45, 7) is 0. The fraction of sp³-hybridized carbons (Fsp3) is 0.381. The number of carbonyl (C=O) groups excluding carboxylic acids is 1. The molecule has 1 heteroatoms. The molecule has 114 valence electrons. The molecule has 2 aromatic rings. The minimum Gasteiger partial charge on any atom is -0.299 e. The van der Waals surface area contributed by atoms with Crippen molar-refractivity contribution < 1.29 is 4.79 Å². The number of rotatable bonds is 6. The third-order valence-electron chi connectivity index (χ3n) is 4.92. The standard InChI is InChI=1S/C21H24O/c22-21-19(13-11-17-7-3-1-4-8-17)15-16-20(21)14-12-18-9-5-2-6-10-18/h1-10,19-20H,11-16H2. The molecule has 0 saturated heterocycles. The monoisotopic (exact) mass is 292 g/mol. The molecule has 0 aromatic heterocycles.